The summed E-state index contributed by atoms with van der Waals surface area (Å²) in [5.41, 5.74) is 0. The summed E-state index contributed by atoms with van der Waals surface area (Å²) >= 11 is 0. The van der Waals surface area contributed by atoms with E-state index in [1.807, 2.05) is 0 Å². The number of carbonyl (C=O) groups excluding carboxylic acids is 1. The first-order chi connectivity index (χ1) is 6.06. The van der Waals surface area contributed by atoms with E-state index in [4.69, 9.17) is 9.84 Å². The van der Waals surface area contributed by atoms with Gasteiger partial charge in [0, 0.05) is 6.08 Å². The molecule has 76 valence electrons. The SMILES string of the molecule is C=CC(=O)OCC(C)O.CC1CO1. The third kappa shape index (κ3) is 11.1. The summed E-state index contributed by atoms with van der Waals surface area (Å²) in [5, 5.41) is 8.59. The van der Waals surface area contributed by atoms with Crippen LogP contribution in [0.15, 0.2) is 12.7 Å². The van der Waals surface area contributed by atoms with E-state index in [-0.39, 0.29) is 6.61 Å². The molecule has 4 heteroatoms. The number of rotatable bonds is 3. The maximum absolute atomic E-state index is 10.3. The van der Waals surface area contributed by atoms with Gasteiger partial charge in [-0.2, -0.15) is 0 Å². The standard InChI is InChI=1S/C6H10O3.C3H6O/c1-3-6(8)9-4-5(2)7;1-3-2-4-3/h3,5,7H,1,4H2,2H3;3H,2H2,1H3. The smallest absolute Gasteiger partial charge is 0.330 e. The average molecular weight is 188 g/mol. The Bertz CT molecular complexity index is 161. The number of hydrogen-bond donors (Lipinski definition) is 1. The van der Waals surface area contributed by atoms with Crippen molar-refractivity contribution >= 4 is 5.97 Å². The summed E-state index contributed by atoms with van der Waals surface area (Å²) in [4.78, 5) is 10.3. The number of hydrogen-bond acceptors (Lipinski definition) is 4. The molecular weight excluding hydrogens is 172 g/mol. The van der Waals surface area contributed by atoms with E-state index in [9.17, 15) is 4.79 Å². The van der Waals surface area contributed by atoms with Crippen molar-refractivity contribution in [3.05, 3.63) is 12.7 Å². The van der Waals surface area contributed by atoms with Crippen molar-refractivity contribution in [2.45, 2.75) is 26.1 Å². The van der Waals surface area contributed by atoms with Crippen LogP contribution in [-0.2, 0) is 14.3 Å². The van der Waals surface area contributed by atoms with Crippen molar-refractivity contribution in [2.24, 2.45) is 0 Å². The highest BCUT2D eigenvalue weighted by atomic mass is 16.6. The number of carbonyl (C=O) groups is 1. The zero-order valence-electron chi connectivity index (χ0n) is 8.03. The second kappa shape index (κ2) is 6.62. The van der Waals surface area contributed by atoms with Crippen LogP contribution >= 0.6 is 0 Å². The Morgan fingerprint density at radius 3 is 2.62 bits per heavy atom. The number of esters is 1. The van der Waals surface area contributed by atoms with Crippen molar-refractivity contribution in [3.8, 4) is 0 Å². The van der Waals surface area contributed by atoms with Crippen LogP contribution in [0.25, 0.3) is 0 Å². The van der Waals surface area contributed by atoms with E-state index >= 15 is 0 Å². The van der Waals surface area contributed by atoms with Crippen molar-refractivity contribution in [1.29, 1.82) is 0 Å². The van der Waals surface area contributed by atoms with E-state index in [1.54, 1.807) is 0 Å². The average Bonchev–Trinajstić information content (AvgIpc) is 2.84. The summed E-state index contributed by atoms with van der Waals surface area (Å²) in [6.45, 7) is 7.79. The molecule has 1 aliphatic rings. The Labute approximate surface area is 78.2 Å². The number of ether oxygens (including phenoxy) is 2. The van der Waals surface area contributed by atoms with Crippen molar-refractivity contribution < 1.29 is 19.4 Å². The molecular formula is C9H16O4. The highest BCUT2D eigenvalue weighted by Gasteiger charge is 2.13. The summed E-state index contributed by atoms with van der Waals surface area (Å²) in [6.07, 6.45) is 1.04. The van der Waals surface area contributed by atoms with Crippen LogP contribution in [0.1, 0.15) is 13.8 Å². The van der Waals surface area contributed by atoms with Gasteiger partial charge in [0.2, 0.25) is 0 Å². The maximum Gasteiger partial charge on any atom is 0.330 e. The summed E-state index contributed by atoms with van der Waals surface area (Å²) in [5.74, 6) is -0.504. The third-order valence-corrected chi connectivity index (χ3v) is 1.13. The molecule has 1 rings (SSSR count). The van der Waals surface area contributed by atoms with Crippen molar-refractivity contribution in [2.75, 3.05) is 13.2 Å². The van der Waals surface area contributed by atoms with Crippen LogP contribution in [0.5, 0.6) is 0 Å². The molecule has 1 N–H and O–H groups in total. The molecule has 1 fully saturated rings. The molecule has 0 aromatic heterocycles. The lowest BCUT2D eigenvalue weighted by Gasteiger charge is -2.02. The third-order valence-electron chi connectivity index (χ3n) is 1.13. The van der Waals surface area contributed by atoms with Gasteiger partial charge in [-0.15, -0.1) is 0 Å². The van der Waals surface area contributed by atoms with E-state index in [1.165, 1.54) is 6.92 Å². The van der Waals surface area contributed by atoms with Gasteiger partial charge in [-0.25, -0.2) is 4.79 Å². The van der Waals surface area contributed by atoms with Gasteiger partial charge in [-0.3, -0.25) is 0 Å². The first-order valence-corrected chi connectivity index (χ1v) is 4.15. The molecule has 0 saturated carbocycles. The highest BCUT2D eigenvalue weighted by molar-refractivity contribution is 5.81. The van der Waals surface area contributed by atoms with Crippen LogP contribution in [0.2, 0.25) is 0 Å². The molecule has 0 bridgehead atoms. The Kier molecular flexibility index (Phi) is 6.18. The van der Waals surface area contributed by atoms with Gasteiger partial charge >= 0.3 is 5.97 Å². The minimum Gasteiger partial charge on any atom is -0.460 e. The Morgan fingerprint density at radius 1 is 1.92 bits per heavy atom. The highest BCUT2D eigenvalue weighted by Crippen LogP contribution is 2.04. The molecule has 1 heterocycles. The van der Waals surface area contributed by atoms with Gasteiger partial charge < -0.3 is 14.6 Å². The molecule has 2 unspecified atom stereocenters. The fourth-order valence-electron chi connectivity index (χ4n) is 0.358. The van der Waals surface area contributed by atoms with Crippen molar-refractivity contribution in [3.63, 3.8) is 0 Å². The van der Waals surface area contributed by atoms with Crippen LogP contribution in [0.4, 0.5) is 0 Å². The van der Waals surface area contributed by atoms with Crippen LogP contribution in [0.3, 0.4) is 0 Å². The Morgan fingerprint density at radius 2 is 2.38 bits per heavy atom. The molecule has 0 aromatic rings. The summed E-state index contributed by atoms with van der Waals surface area (Å²) in [7, 11) is 0. The molecule has 1 aliphatic heterocycles. The minimum atomic E-state index is -0.603. The lowest BCUT2D eigenvalue weighted by molar-refractivity contribution is -0.140. The normalized spacial score (nSPS) is 20.7. The predicted molar refractivity (Wildman–Crippen MR) is 48.3 cm³/mol. The molecule has 0 spiro atoms. The lowest BCUT2D eigenvalue weighted by atomic mass is 10.4. The number of epoxide rings is 1. The monoisotopic (exact) mass is 188 g/mol. The second-order valence-corrected chi connectivity index (χ2v) is 2.83. The van der Waals surface area contributed by atoms with E-state index in [0.717, 1.165) is 12.7 Å². The molecule has 0 aliphatic carbocycles. The van der Waals surface area contributed by atoms with E-state index in [2.05, 4.69) is 18.2 Å². The molecule has 1 saturated heterocycles. The second-order valence-electron chi connectivity index (χ2n) is 2.83. The first kappa shape index (κ1) is 12.1. The van der Waals surface area contributed by atoms with Crippen LogP contribution < -0.4 is 0 Å². The zero-order chi connectivity index (χ0) is 10.3. The predicted octanol–water partition coefficient (Wildman–Crippen LogP) is 0.501. The molecule has 0 amide bonds. The fourth-order valence-corrected chi connectivity index (χ4v) is 0.358. The van der Waals surface area contributed by atoms with Gasteiger partial charge in [-0.1, -0.05) is 6.58 Å². The Hall–Kier alpha value is -0.870. The van der Waals surface area contributed by atoms with Crippen LogP contribution in [-0.4, -0.2) is 36.5 Å². The first-order valence-electron chi connectivity index (χ1n) is 4.15. The van der Waals surface area contributed by atoms with Gasteiger partial charge in [0.25, 0.3) is 0 Å². The molecule has 2 atom stereocenters. The van der Waals surface area contributed by atoms with Gasteiger partial charge in [-0.05, 0) is 13.8 Å². The molecule has 13 heavy (non-hydrogen) atoms. The molecule has 4 nitrogen and oxygen atoms in total. The fraction of sp³-hybridized carbons (Fsp3) is 0.667. The quantitative estimate of drug-likeness (QED) is 0.398. The summed E-state index contributed by atoms with van der Waals surface area (Å²) in [6, 6.07) is 0. The minimum absolute atomic E-state index is 0.0326. The van der Waals surface area contributed by atoms with Crippen molar-refractivity contribution in [1.82, 2.24) is 0 Å². The summed E-state index contributed by atoms with van der Waals surface area (Å²) < 4.78 is 9.15. The number of aliphatic hydroxyl groups excluding tert-OH is 1. The topological polar surface area (TPSA) is 59.1 Å². The number of aliphatic hydroxyl groups is 1. The molecule has 0 aromatic carbocycles. The largest absolute Gasteiger partial charge is 0.460 e. The van der Waals surface area contributed by atoms with E-state index < -0.39 is 12.1 Å². The maximum atomic E-state index is 10.3. The van der Waals surface area contributed by atoms with Gasteiger partial charge in [0.1, 0.15) is 6.61 Å². The molecule has 0 radical (unpaired) electrons. The van der Waals surface area contributed by atoms with Gasteiger partial charge in [0.15, 0.2) is 0 Å². The zero-order valence-corrected chi connectivity index (χ0v) is 8.03. The van der Waals surface area contributed by atoms with Gasteiger partial charge in [0.05, 0.1) is 18.8 Å². The van der Waals surface area contributed by atoms with Crippen LogP contribution in [0, 0.1) is 0 Å². The van der Waals surface area contributed by atoms with E-state index in [0.29, 0.717) is 6.10 Å². The lowest BCUT2D eigenvalue weighted by Crippen LogP contribution is -2.13. The Balaban J connectivity index is 0.000000293.